The molecule has 0 unspecified atom stereocenters. The molecular formula is C14H21NO2. The number of amides is 1. The van der Waals surface area contributed by atoms with E-state index in [2.05, 4.69) is 26.8 Å². The molecule has 0 aromatic heterocycles. The first kappa shape index (κ1) is 13.6. The molecule has 0 aliphatic rings. The summed E-state index contributed by atoms with van der Waals surface area (Å²) in [4.78, 5) is 10.7. The zero-order valence-electron chi connectivity index (χ0n) is 11.0. The van der Waals surface area contributed by atoms with E-state index in [4.69, 9.17) is 10.5 Å². The van der Waals surface area contributed by atoms with Crippen LogP contribution in [0.3, 0.4) is 0 Å². The van der Waals surface area contributed by atoms with Crippen LogP contribution in [0.15, 0.2) is 18.2 Å². The predicted octanol–water partition coefficient (Wildman–Crippen LogP) is 2.55. The molecule has 1 aromatic carbocycles. The molecule has 0 heterocycles. The Labute approximate surface area is 103 Å². The van der Waals surface area contributed by atoms with E-state index in [1.165, 1.54) is 0 Å². The number of carbonyl (C=O) groups excluding carboxylic acids is 1. The first-order valence-electron chi connectivity index (χ1n) is 5.83. The standard InChI is InChI=1S/C14H21NO2/c1-10-6-5-7-11(14(2,3)4)13(10)17-9-8-12(15)16/h5-7H,8-9H2,1-4H3,(H2,15,16). The van der Waals surface area contributed by atoms with E-state index >= 15 is 0 Å². The Kier molecular flexibility index (Phi) is 4.16. The smallest absolute Gasteiger partial charge is 0.220 e. The van der Waals surface area contributed by atoms with Crippen LogP contribution >= 0.6 is 0 Å². The van der Waals surface area contributed by atoms with Gasteiger partial charge in [-0.3, -0.25) is 4.79 Å². The summed E-state index contributed by atoms with van der Waals surface area (Å²) in [5.74, 6) is 0.539. The third-order valence-corrected chi connectivity index (χ3v) is 2.61. The number of aryl methyl sites for hydroxylation is 1. The second kappa shape index (κ2) is 5.21. The van der Waals surface area contributed by atoms with Gasteiger partial charge in [-0.2, -0.15) is 0 Å². The molecule has 0 aliphatic heterocycles. The monoisotopic (exact) mass is 235 g/mol. The number of hydrogen-bond donors (Lipinski definition) is 1. The summed E-state index contributed by atoms with van der Waals surface area (Å²) in [7, 11) is 0. The molecule has 1 aromatic rings. The maximum absolute atomic E-state index is 10.7. The lowest BCUT2D eigenvalue weighted by Crippen LogP contribution is -2.17. The fraction of sp³-hybridized carbons (Fsp3) is 0.500. The van der Waals surface area contributed by atoms with E-state index < -0.39 is 0 Å². The highest BCUT2D eigenvalue weighted by atomic mass is 16.5. The molecule has 2 N–H and O–H groups in total. The van der Waals surface area contributed by atoms with E-state index in [1.807, 2.05) is 19.1 Å². The lowest BCUT2D eigenvalue weighted by Gasteiger charge is -2.24. The van der Waals surface area contributed by atoms with Crippen molar-refractivity contribution in [3.05, 3.63) is 29.3 Å². The second-order valence-electron chi connectivity index (χ2n) is 5.27. The van der Waals surface area contributed by atoms with Gasteiger partial charge >= 0.3 is 0 Å². The molecule has 17 heavy (non-hydrogen) atoms. The van der Waals surface area contributed by atoms with Crippen molar-refractivity contribution >= 4 is 5.91 Å². The highest BCUT2D eigenvalue weighted by molar-refractivity contribution is 5.73. The minimum Gasteiger partial charge on any atom is -0.492 e. The summed E-state index contributed by atoms with van der Waals surface area (Å²) in [5.41, 5.74) is 7.36. The van der Waals surface area contributed by atoms with Gasteiger partial charge in [-0.05, 0) is 23.5 Å². The molecule has 0 aliphatic carbocycles. The van der Waals surface area contributed by atoms with Crippen LogP contribution in [-0.2, 0) is 10.2 Å². The molecule has 0 saturated carbocycles. The van der Waals surface area contributed by atoms with Crippen LogP contribution < -0.4 is 10.5 Å². The Morgan fingerprint density at radius 2 is 2.00 bits per heavy atom. The average Bonchev–Trinajstić information content (AvgIpc) is 2.18. The Morgan fingerprint density at radius 1 is 1.35 bits per heavy atom. The fourth-order valence-corrected chi connectivity index (χ4v) is 1.69. The average molecular weight is 235 g/mol. The summed E-state index contributed by atoms with van der Waals surface area (Å²) in [5, 5.41) is 0. The number of carbonyl (C=O) groups is 1. The van der Waals surface area contributed by atoms with Crippen LogP contribution in [-0.4, -0.2) is 12.5 Å². The van der Waals surface area contributed by atoms with Crippen LogP contribution in [0.2, 0.25) is 0 Å². The first-order valence-corrected chi connectivity index (χ1v) is 5.83. The molecule has 0 saturated heterocycles. The molecule has 3 heteroatoms. The first-order chi connectivity index (χ1) is 7.82. The Hall–Kier alpha value is -1.51. The minimum absolute atomic E-state index is 0.0219. The molecule has 0 atom stereocenters. The van der Waals surface area contributed by atoms with Gasteiger partial charge in [0.15, 0.2) is 0 Å². The van der Waals surface area contributed by atoms with E-state index in [-0.39, 0.29) is 17.7 Å². The third-order valence-electron chi connectivity index (χ3n) is 2.61. The highest BCUT2D eigenvalue weighted by Gasteiger charge is 2.20. The highest BCUT2D eigenvalue weighted by Crippen LogP contribution is 2.33. The van der Waals surface area contributed by atoms with Crippen LogP contribution in [0.4, 0.5) is 0 Å². The maximum atomic E-state index is 10.7. The summed E-state index contributed by atoms with van der Waals surface area (Å²) >= 11 is 0. The van der Waals surface area contributed by atoms with Crippen LogP contribution in [0.25, 0.3) is 0 Å². The van der Waals surface area contributed by atoms with Crippen LogP contribution in [0, 0.1) is 6.92 Å². The predicted molar refractivity (Wildman–Crippen MR) is 69.2 cm³/mol. The van der Waals surface area contributed by atoms with Gasteiger partial charge in [0.05, 0.1) is 13.0 Å². The lowest BCUT2D eigenvalue weighted by atomic mass is 9.85. The van der Waals surface area contributed by atoms with E-state index in [0.29, 0.717) is 6.61 Å². The molecule has 94 valence electrons. The number of rotatable bonds is 4. The number of primary amides is 1. The van der Waals surface area contributed by atoms with Crippen molar-refractivity contribution in [3.63, 3.8) is 0 Å². The second-order valence-corrected chi connectivity index (χ2v) is 5.27. The van der Waals surface area contributed by atoms with Gasteiger partial charge in [-0.25, -0.2) is 0 Å². The zero-order valence-corrected chi connectivity index (χ0v) is 11.0. The Bertz CT molecular complexity index is 405. The Morgan fingerprint density at radius 3 is 2.53 bits per heavy atom. The van der Waals surface area contributed by atoms with Crippen LogP contribution in [0.5, 0.6) is 5.75 Å². The van der Waals surface area contributed by atoms with Gasteiger partial charge in [0.1, 0.15) is 5.75 Å². The normalized spacial score (nSPS) is 11.3. The van der Waals surface area contributed by atoms with Crippen molar-refractivity contribution in [1.29, 1.82) is 0 Å². The van der Waals surface area contributed by atoms with Gasteiger partial charge in [-0.15, -0.1) is 0 Å². The topological polar surface area (TPSA) is 52.3 Å². The number of ether oxygens (including phenoxy) is 1. The SMILES string of the molecule is Cc1cccc(C(C)(C)C)c1OCCC(N)=O. The quantitative estimate of drug-likeness (QED) is 0.872. The maximum Gasteiger partial charge on any atom is 0.220 e. The van der Waals surface area contributed by atoms with Gasteiger partial charge in [0.25, 0.3) is 0 Å². The lowest BCUT2D eigenvalue weighted by molar-refractivity contribution is -0.118. The summed E-state index contributed by atoms with van der Waals surface area (Å²) in [6.07, 6.45) is 0.248. The van der Waals surface area contributed by atoms with E-state index in [0.717, 1.165) is 16.9 Å². The van der Waals surface area contributed by atoms with Crippen molar-refractivity contribution in [1.82, 2.24) is 0 Å². The summed E-state index contributed by atoms with van der Waals surface area (Å²) < 4.78 is 5.70. The number of benzene rings is 1. The molecule has 0 fully saturated rings. The number of para-hydroxylation sites is 1. The van der Waals surface area contributed by atoms with Crippen LogP contribution in [0.1, 0.15) is 38.3 Å². The Balaban J connectivity index is 2.92. The molecule has 0 radical (unpaired) electrons. The van der Waals surface area contributed by atoms with Crippen molar-refractivity contribution in [2.75, 3.05) is 6.61 Å². The zero-order chi connectivity index (χ0) is 13.1. The van der Waals surface area contributed by atoms with Crippen molar-refractivity contribution in [2.24, 2.45) is 5.73 Å². The van der Waals surface area contributed by atoms with Gasteiger partial charge in [0.2, 0.25) is 5.91 Å². The molecule has 1 amide bonds. The number of hydrogen-bond acceptors (Lipinski definition) is 2. The van der Waals surface area contributed by atoms with Gasteiger partial charge in [0, 0.05) is 0 Å². The van der Waals surface area contributed by atoms with Crippen molar-refractivity contribution in [2.45, 2.75) is 39.5 Å². The van der Waals surface area contributed by atoms with E-state index in [9.17, 15) is 4.79 Å². The minimum atomic E-state index is -0.337. The van der Waals surface area contributed by atoms with Gasteiger partial charge < -0.3 is 10.5 Å². The molecule has 0 spiro atoms. The third kappa shape index (κ3) is 3.77. The fourth-order valence-electron chi connectivity index (χ4n) is 1.69. The van der Waals surface area contributed by atoms with Crippen molar-refractivity contribution < 1.29 is 9.53 Å². The van der Waals surface area contributed by atoms with Crippen molar-refractivity contribution in [3.8, 4) is 5.75 Å². The summed E-state index contributed by atoms with van der Waals surface area (Å²) in [6.45, 7) is 8.77. The molecule has 3 nitrogen and oxygen atoms in total. The molecule has 1 rings (SSSR count). The molecular weight excluding hydrogens is 214 g/mol. The summed E-state index contributed by atoms with van der Waals surface area (Å²) in [6, 6.07) is 6.10. The largest absolute Gasteiger partial charge is 0.492 e. The molecule has 0 bridgehead atoms. The van der Waals surface area contributed by atoms with Gasteiger partial charge in [-0.1, -0.05) is 39.0 Å². The number of nitrogens with two attached hydrogens (primary N) is 1. The van der Waals surface area contributed by atoms with E-state index in [1.54, 1.807) is 0 Å².